The zero-order valence-electron chi connectivity index (χ0n) is 11.4. The van der Waals surface area contributed by atoms with E-state index in [4.69, 9.17) is 0 Å². The van der Waals surface area contributed by atoms with E-state index in [1.807, 2.05) is 18.3 Å². The zero-order chi connectivity index (χ0) is 14.2. The number of aryl methyl sites for hydroxylation is 1. The number of H-pyrrole nitrogens is 1. The van der Waals surface area contributed by atoms with Crippen LogP contribution in [0.3, 0.4) is 0 Å². The van der Waals surface area contributed by atoms with E-state index >= 15 is 0 Å². The van der Waals surface area contributed by atoms with Gasteiger partial charge in [-0.2, -0.15) is 0 Å². The van der Waals surface area contributed by atoms with Gasteiger partial charge >= 0.3 is 0 Å². The molecule has 7 nitrogen and oxygen atoms in total. The predicted molar refractivity (Wildman–Crippen MR) is 74.0 cm³/mol. The van der Waals surface area contributed by atoms with Crippen molar-refractivity contribution in [2.24, 2.45) is 0 Å². The van der Waals surface area contributed by atoms with E-state index in [1.54, 1.807) is 13.1 Å². The molecule has 1 amide bonds. The summed E-state index contributed by atoms with van der Waals surface area (Å²) in [7, 11) is 0. The van der Waals surface area contributed by atoms with Crippen molar-refractivity contribution in [2.45, 2.75) is 19.9 Å². The second kappa shape index (κ2) is 7.34. The Kier molecular flexibility index (Phi) is 5.19. The van der Waals surface area contributed by atoms with E-state index in [2.05, 4.69) is 30.8 Å². The van der Waals surface area contributed by atoms with E-state index in [1.165, 1.54) is 0 Å². The molecule has 2 rings (SSSR count). The van der Waals surface area contributed by atoms with Crippen LogP contribution >= 0.6 is 0 Å². The summed E-state index contributed by atoms with van der Waals surface area (Å²) in [6.07, 6.45) is 4.43. The average molecular weight is 274 g/mol. The van der Waals surface area contributed by atoms with Crippen LogP contribution in [-0.4, -0.2) is 39.2 Å². The minimum atomic E-state index is -0.249. The van der Waals surface area contributed by atoms with Crippen LogP contribution in [0.2, 0.25) is 0 Å². The predicted octanol–water partition coefficient (Wildman–Crippen LogP) is 0.418. The Labute approximate surface area is 117 Å². The summed E-state index contributed by atoms with van der Waals surface area (Å²) >= 11 is 0. The number of rotatable bonds is 7. The van der Waals surface area contributed by atoms with Gasteiger partial charge in [0.25, 0.3) is 5.91 Å². The molecule has 0 fully saturated rings. The number of aromatic nitrogens is 4. The van der Waals surface area contributed by atoms with Crippen molar-refractivity contribution < 1.29 is 4.79 Å². The normalized spacial score (nSPS) is 10.4. The molecular formula is C13H18N6O. The van der Waals surface area contributed by atoms with Crippen LogP contribution in [0.4, 0.5) is 0 Å². The molecular weight excluding hydrogens is 256 g/mol. The topological polar surface area (TPSA) is 95.6 Å². The largest absolute Gasteiger partial charge is 0.349 e. The number of amides is 1. The molecule has 2 heterocycles. The second-order valence-corrected chi connectivity index (χ2v) is 4.39. The van der Waals surface area contributed by atoms with Gasteiger partial charge in [0.1, 0.15) is 5.82 Å². The minimum absolute atomic E-state index is 0.186. The van der Waals surface area contributed by atoms with Gasteiger partial charge in [-0.3, -0.25) is 14.9 Å². The molecule has 0 atom stereocenters. The third kappa shape index (κ3) is 4.43. The first-order valence-electron chi connectivity index (χ1n) is 6.52. The first kappa shape index (κ1) is 14.1. The van der Waals surface area contributed by atoms with Crippen molar-refractivity contribution in [3.63, 3.8) is 0 Å². The molecule has 0 saturated carbocycles. The maximum atomic E-state index is 11.6. The van der Waals surface area contributed by atoms with Crippen LogP contribution in [0.1, 0.15) is 28.4 Å². The smallest absolute Gasteiger partial charge is 0.290 e. The van der Waals surface area contributed by atoms with Crippen molar-refractivity contribution in [3.05, 3.63) is 41.7 Å². The van der Waals surface area contributed by atoms with Crippen LogP contribution in [-0.2, 0) is 6.54 Å². The van der Waals surface area contributed by atoms with Crippen molar-refractivity contribution in [3.8, 4) is 0 Å². The van der Waals surface area contributed by atoms with Crippen LogP contribution < -0.4 is 10.6 Å². The molecule has 2 aromatic heterocycles. The summed E-state index contributed by atoms with van der Waals surface area (Å²) in [5, 5.41) is 12.5. The Morgan fingerprint density at radius 1 is 1.40 bits per heavy atom. The minimum Gasteiger partial charge on any atom is -0.349 e. The van der Waals surface area contributed by atoms with E-state index in [0.29, 0.717) is 12.4 Å². The maximum absolute atomic E-state index is 11.6. The number of nitrogens with zero attached hydrogens (tertiary/aromatic N) is 3. The van der Waals surface area contributed by atoms with E-state index in [9.17, 15) is 4.79 Å². The maximum Gasteiger partial charge on any atom is 0.290 e. The fraction of sp³-hybridized carbons (Fsp3) is 0.385. The quantitative estimate of drug-likeness (QED) is 0.636. The zero-order valence-corrected chi connectivity index (χ0v) is 11.4. The number of carbonyl (C=O) groups excluding carboxylic acids is 1. The summed E-state index contributed by atoms with van der Waals surface area (Å²) in [5.74, 6) is 0.570. The Bertz CT molecular complexity index is 539. The number of carbonyl (C=O) groups is 1. The molecule has 0 saturated heterocycles. The number of aromatic amines is 1. The lowest BCUT2D eigenvalue weighted by molar-refractivity contribution is 0.0943. The Hall–Kier alpha value is -2.28. The summed E-state index contributed by atoms with van der Waals surface area (Å²) in [5.41, 5.74) is 1.15. The van der Waals surface area contributed by atoms with Gasteiger partial charge in [0.05, 0.1) is 0 Å². The van der Waals surface area contributed by atoms with Gasteiger partial charge in [0.15, 0.2) is 0 Å². The molecule has 0 radical (unpaired) electrons. The van der Waals surface area contributed by atoms with E-state index in [0.717, 1.165) is 25.1 Å². The molecule has 3 N–H and O–H groups in total. The molecule has 0 bridgehead atoms. The summed E-state index contributed by atoms with van der Waals surface area (Å²) < 4.78 is 0. The SMILES string of the molecule is Cc1nc(C(=O)NCCCNCc2cccnc2)n[nH]1. The van der Waals surface area contributed by atoms with Crippen molar-refractivity contribution in [2.75, 3.05) is 13.1 Å². The van der Waals surface area contributed by atoms with Gasteiger partial charge in [-0.25, -0.2) is 4.98 Å². The van der Waals surface area contributed by atoms with Crippen molar-refractivity contribution in [1.29, 1.82) is 0 Å². The molecule has 0 aliphatic heterocycles. The fourth-order valence-corrected chi connectivity index (χ4v) is 1.67. The van der Waals surface area contributed by atoms with Gasteiger partial charge in [-0.1, -0.05) is 6.07 Å². The van der Waals surface area contributed by atoms with E-state index in [-0.39, 0.29) is 11.7 Å². The Morgan fingerprint density at radius 3 is 3.00 bits per heavy atom. The number of hydrogen-bond acceptors (Lipinski definition) is 5. The third-order valence-corrected chi connectivity index (χ3v) is 2.67. The van der Waals surface area contributed by atoms with Gasteiger partial charge < -0.3 is 10.6 Å². The standard InChI is InChI=1S/C13H18N6O/c1-10-17-12(19-18-10)13(20)16-7-3-6-15-9-11-4-2-5-14-8-11/h2,4-5,8,15H,3,6-7,9H2,1H3,(H,16,20)(H,17,18,19). The lowest BCUT2D eigenvalue weighted by Crippen LogP contribution is -2.28. The molecule has 0 aliphatic carbocycles. The average Bonchev–Trinajstić information content (AvgIpc) is 2.90. The highest BCUT2D eigenvalue weighted by Crippen LogP contribution is 1.94. The molecule has 7 heteroatoms. The van der Waals surface area contributed by atoms with Gasteiger partial charge in [-0.15, -0.1) is 5.10 Å². The van der Waals surface area contributed by atoms with Gasteiger partial charge in [0.2, 0.25) is 5.82 Å². The van der Waals surface area contributed by atoms with Gasteiger partial charge in [0, 0.05) is 25.5 Å². The Balaban J connectivity index is 1.57. The lowest BCUT2D eigenvalue weighted by Gasteiger charge is -2.05. The first-order chi connectivity index (χ1) is 9.75. The summed E-state index contributed by atoms with van der Waals surface area (Å²) in [4.78, 5) is 19.6. The highest BCUT2D eigenvalue weighted by atomic mass is 16.2. The number of pyridine rings is 1. The number of nitrogens with one attached hydrogen (secondary N) is 3. The summed E-state index contributed by atoms with van der Waals surface area (Å²) in [6.45, 7) is 3.95. The summed E-state index contributed by atoms with van der Waals surface area (Å²) in [6, 6.07) is 3.93. The lowest BCUT2D eigenvalue weighted by atomic mass is 10.3. The molecule has 0 aliphatic rings. The molecule has 0 unspecified atom stereocenters. The molecule has 0 aromatic carbocycles. The van der Waals surface area contributed by atoms with Crippen LogP contribution in [0, 0.1) is 6.92 Å². The monoisotopic (exact) mass is 274 g/mol. The second-order valence-electron chi connectivity index (χ2n) is 4.39. The first-order valence-corrected chi connectivity index (χ1v) is 6.52. The third-order valence-electron chi connectivity index (χ3n) is 2.67. The fourth-order valence-electron chi connectivity index (χ4n) is 1.67. The molecule has 2 aromatic rings. The number of hydrogen-bond donors (Lipinski definition) is 3. The van der Waals surface area contributed by atoms with E-state index < -0.39 is 0 Å². The van der Waals surface area contributed by atoms with Gasteiger partial charge in [-0.05, 0) is 31.5 Å². The van der Waals surface area contributed by atoms with Crippen LogP contribution in [0.5, 0.6) is 0 Å². The van der Waals surface area contributed by atoms with Crippen molar-refractivity contribution >= 4 is 5.91 Å². The molecule has 20 heavy (non-hydrogen) atoms. The molecule has 0 spiro atoms. The van der Waals surface area contributed by atoms with Crippen molar-refractivity contribution in [1.82, 2.24) is 30.8 Å². The highest BCUT2D eigenvalue weighted by molar-refractivity contribution is 5.90. The van der Waals surface area contributed by atoms with Crippen LogP contribution in [0.15, 0.2) is 24.5 Å². The highest BCUT2D eigenvalue weighted by Gasteiger charge is 2.09. The molecule has 106 valence electrons. The van der Waals surface area contributed by atoms with Crippen LogP contribution in [0.25, 0.3) is 0 Å². The Morgan fingerprint density at radius 2 is 2.30 bits per heavy atom.